The molecule has 1 fully saturated rings. The van der Waals surface area contributed by atoms with Crippen LogP contribution in [-0.4, -0.2) is 50.6 Å². The van der Waals surface area contributed by atoms with E-state index in [4.69, 9.17) is 16.7 Å². The smallest absolute Gasteiger partial charge is 0.326 e. The molecule has 21 heavy (non-hydrogen) atoms. The number of halogens is 1. The summed E-state index contributed by atoms with van der Waals surface area (Å²) in [5.74, 6) is -1.86. The van der Waals surface area contributed by atoms with Gasteiger partial charge in [0.15, 0.2) is 0 Å². The third-order valence-corrected chi connectivity index (χ3v) is 3.52. The SMILES string of the molecule is O=C(O)[C@@H]1C[C@H](O)CN1C(=O)c1ccc([N+](=O)[O-])c(Cl)c1. The number of hydrogen-bond donors (Lipinski definition) is 2. The number of nitro benzene ring substituents is 1. The molecule has 0 bridgehead atoms. The van der Waals surface area contributed by atoms with E-state index in [-0.39, 0.29) is 29.2 Å². The van der Waals surface area contributed by atoms with Gasteiger partial charge in [0.2, 0.25) is 0 Å². The van der Waals surface area contributed by atoms with E-state index < -0.39 is 28.9 Å². The lowest BCUT2D eigenvalue weighted by Crippen LogP contribution is -2.40. The van der Waals surface area contributed by atoms with Crippen molar-refractivity contribution in [1.82, 2.24) is 4.90 Å². The third kappa shape index (κ3) is 2.96. The number of aliphatic hydroxyl groups excluding tert-OH is 1. The number of likely N-dealkylation sites (tertiary alicyclic amines) is 1. The van der Waals surface area contributed by atoms with E-state index in [0.29, 0.717) is 0 Å². The minimum Gasteiger partial charge on any atom is -0.480 e. The molecule has 112 valence electrons. The summed E-state index contributed by atoms with van der Waals surface area (Å²) >= 11 is 5.72. The molecular weight excluding hydrogens is 304 g/mol. The molecule has 0 aromatic heterocycles. The van der Waals surface area contributed by atoms with Gasteiger partial charge in [-0.25, -0.2) is 4.79 Å². The molecule has 1 amide bonds. The minimum atomic E-state index is -1.21. The van der Waals surface area contributed by atoms with Gasteiger partial charge in [0.05, 0.1) is 11.0 Å². The van der Waals surface area contributed by atoms with Gasteiger partial charge in [-0.1, -0.05) is 11.6 Å². The van der Waals surface area contributed by atoms with Gasteiger partial charge in [-0.05, 0) is 12.1 Å². The molecule has 0 radical (unpaired) electrons. The summed E-state index contributed by atoms with van der Waals surface area (Å²) in [7, 11) is 0. The third-order valence-electron chi connectivity index (χ3n) is 3.22. The Morgan fingerprint density at radius 2 is 2.10 bits per heavy atom. The van der Waals surface area contributed by atoms with Crippen molar-refractivity contribution in [3.05, 3.63) is 38.9 Å². The van der Waals surface area contributed by atoms with E-state index in [0.717, 1.165) is 17.0 Å². The van der Waals surface area contributed by atoms with Gasteiger partial charge in [-0.15, -0.1) is 0 Å². The van der Waals surface area contributed by atoms with Crippen LogP contribution in [0, 0.1) is 10.1 Å². The number of nitro groups is 1. The number of aliphatic hydroxyl groups is 1. The second-order valence-electron chi connectivity index (χ2n) is 4.62. The lowest BCUT2D eigenvalue weighted by molar-refractivity contribution is -0.384. The Morgan fingerprint density at radius 3 is 2.62 bits per heavy atom. The molecule has 2 atom stereocenters. The molecule has 2 N–H and O–H groups in total. The van der Waals surface area contributed by atoms with Crippen LogP contribution in [0.3, 0.4) is 0 Å². The largest absolute Gasteiger partial charge is 0.480 e. The molecule has 1 aromatic carbocycles. The van der Waals surface area contributed by atoms with Gasteiger partial charge >= 0.3 is 5.97 Å². The van der Waals surface area contributed by atoms with E-state index in [1.54, 1.807) is 0 Å². The van der Waals surface area contributed by atoms with Crippen LogP contribution < -0.4 is 0 Å². The quantitative estimate of drug-likeness (QED) is 0.631. The summed E-state index contributed by atoms with van der Waals surface area (Å²) in [5, 5.41) is 29.0. The Balaban J connectivity index is 2.29. The number of hydrogen-bond acceptors (Lipinski definition) is 5. The van der Waals surface area contributed by atoms with Crippen molar-refractivity contribution in [2.45, 2.75) is 18.6 Å². The fourth-order valence-electron chi connectivity index (χ4n) is 2.23. The van der Waals surface area contributed by atoms with Crippen molar-refractivity contribution in [1.29, 1.82) is 0 Å². The van der Waals surface area contributed by atoms with Gasteiger partial charge < -0.3 is 15.1 Å². The van der Waals surface area contributed by atoms with Crippen molar-refractivity contribution in [2.24, 2.45) is 0 Å². The molecule has 1 heterocycles. The number of benzene rings is 1. The Morgan fingerprint density at radius 1 is 1.43 bits per heavy atom. The number of carbonyl (C=O) groups is 2. The first-order valence-electron chi connectivity index (χ1n) is 5.97. The second-order valence-corrected chi connectivity index (χ2v) is 5.03. The van der Waals surface area contributed by atoms with Crippen LogP contribution in [0.15, 0.2) is 18.2 Å². The molecule has 0 saturated carbocycles. The number of carboxylic acid groups (broad SMARTS) is 1. The van der Waals surface area contributed by atoms with Crippen LogP contribution in [0.25, 0.3) is 0 Å². The summed E-state index contributed by atoms with van der Waals surface area (Å²) in [5.41, 5.74) is -0.310. The van der Waals surface area contributed by atoms with E-state index in [2.05, 4.69) is 0 Å². The summed E-state index contributed by atoms with van der Waals surface area (Å²) in [6, 6.07) is 2.28. The summed E-state index contributed by atoms with van der Waals surface area (Å²) < 4.78 is 0. The number of carbonyl (C=O) groups excluding carboxylic acids is 1. The molecule has 0 spiro atoms. The second kappa shape index (κ2) is 5.66. The van der Waals surface area contributed by atoms with Crippen LogP contribution in [0.5, 0.6) is 0 Å². The first-order valence-corrected chi connectivity index (χ1v) is 6.35. The average Bonchev–Trinajstić information content (AvgIpc) is 2.79. The average molecular weight is 315 g/mol. The first kappa shape index (κ1) is 15.2. The lowest BCUT2D eigenvalue weighted by Gasteiger charge is -2.21. The van der Waals surface area contributed by atoms with Gasteiger partial charge in [0.1, 0.15) is 11.1 Å². The Labute approximate surface area is 123 Å². The number of rotatable bonds is 3. The van der Waals surface area contributed by atoms with E-state index in [9.17, 15) is 24.8 Å². The minimum absolute atomic E-state index is 0.0333. The predicted octanol–water partition coefficient (Wildman–Crippen LogP) is 0.908. The van der Waals surface area contributed by atoms with Crippen LogP contribution in [0.4, 0.5) is 5.69 Å². The Hall–Kier alpha value is -2.19. The number of carboxylic acids is 1. The molecule has 8 nitrogen and oxygen atoms in total. The number of amides is 1. The molecule has 0 unspecified atom stereocenters. The first-order chi connectivity index (χ1) is 9.81. The van der Waals surface area contributed by atoms with Gasteiger partial charge in [0, 0.05) is 24.6 Å². The van der Waals surface area contributed by atoms with Crippen LogP contribution >= 0.6 is 11.6 Å². The van der Waals surface area contributed by atoms with E-state index in [1.807, 2.05) is 0 Å². The topological polar surface area (TPSA) is 121 Å². The zero-order chi connectivity index (χ0) is 15.7. The van der Waals surface area contributed by atoms with E-state index in [1.165, 1.54) is 6.07 Å². The summed E-state index contributed by atoms with van der Waals surface area (Å²) in [6.45, 7) is -0.107. The molecule has 9 heteroatoms. The highest BCUT2D eigenvalue weighted by molar-refractivity contribution is 6.33. The monoisotopic (exact) mass is 314 g/mol. The number of nitrogens with zero attached hydrogens (tertiary/aromatic N) is 2. The normalized spacial score (nSPS) is 21.3. The van der Waals surface area contributed by atoms with Crippen LogP contribution in [0.2, 0.25) is 5.02 Å². The van der Waals surface area contributed by atoms with Crippen LogP contribution in [0.1, 0.15) is 16.8 Å². The highest BCUT2D eigenvalue weighted by atomic mass is 35.5. The van der Waals surface area contributed by atoms with Crippen LogP contribution in [-0.2, 0) is 4.79 Å². The lowest BCUT2D eigenvalue weighted by atomic mass is 10.1. The van der Waals surface area contributed by atoms with E-state index >= 15 is 0 Å². The molecule has 1 aliphatic heterocycles. The fourth-order valence-corrected chi connectivity index (χ4v) is 2.48. The van der Waals surface area contributed by atoms with Crippen molar-refractivity contribution < 1.29 is 24.7 Å². The Bertz CT molecular complexity index is 620. The zero-order valence-electron chi connectivity index (χ0n) is 10.6. The maximum absolute atomic E-state index is 12.3. The molecular formula is C12H11ClN2O6. The summed E-state index contributed by atoms with van der Waals surface area (Å²) in [4.78, 5) is 34.3. The predicted molar refractivity (Wildman–Crippen MR) is 71.2 cm³/mol. The van der Waals surface area contributed by atoms with Crippen molar-refractivity contribution >= 4 is 29.2 Å². The Kier molecular flexibility index (Phi) is 4.10. The van der Waals surface area contributed by atoms with Crippen molar-refractivity contribution in [2.75, 3.05) is 6.54 Å². The highest BCUT2D eigenvalue weighted by Gasteiger charge is 2.39. The van der Waals surface area contributed by atoms with Gasteiger partial charge in [0.25, 0.3) is 11.6 Å². The maximum atomic E-state index is 12.3. The van der Waals surface area contributed by atoms with Crippen molar-refractivity contribution in [3.63, 3.8) is 0 Å². The molecule has 0 aliphatic carbocycles. The fraction of sp³-hybridized carbons (Fsp3) is 0.333. The van der Waals surface area contributed by atoms with Gasteiger partial charge in [-0.3, -0.25) is 14.9 Å². The zero-order valence-corrected chi connectivity index (χ0v) is 11.4. The number of β-amino-alcohol motifs (C(OH)–C–C–N with tert-alkyl or cyclic N) is 1. The molecule has 1 aliphatic rings. The summed E-state index contributed by atoms with van der Waals surface area (Å²) in [6.07, 6.45) is -0.967. The highest BCUT2D eigenvalue weighted by Crippen LogP contribution is 2.27. The molecule has 1 aromatic rings. The maximum Gasteiger partial charge on any atom is 0.326 e. The van der Waals surface area contributed by atoms with Crippen molar-refractivity contribution in [3.8, 4) is 0 Å². The number of aliphatic carboxylic acids is 1. The van der Waals surface area contributed by atoms with Gasteiger partial charge in [-0.2, -0.15) is 0 Å². The standard InChI is InChI=1S/C12H11ClN2O6/c13-8-3-6(1-2-9(8)15(20)21)11(17)14-5-7(16)4-10(14)12(18)19/h1-3,7,10,16H,4-5H2,(H,18,19)/t7-,10-/m0/s1. The molecule has 2 rings (SSSR count). The molecule has 1 saturated heterocycles.